The van der Waals surface area contributed by atoms with E-state index in [4.69, 9.17) is 5.21 Å². The van der Waals surface area contributed by atoms with Gasteiger partial charge in [-0.2, -0.15) is 0 Å². The Morgan fingerprint density at radius 2 is 2.33 bits per heavy atom. The molecular weight excluding hydrogens is 122 g/mol. The van der Waals surface area contributed by atoms with Crippen LogP contribution in [-0.2, 0) is 9.59 Å². The number of carbonyl (C=O) groups excluding carboxylic acids is 2. The number of hydroxylamine groups is 1. The zero-order valence-corrected chi connectivity index (χ0v) is 4.96. The average molecular weight is 131 g/mol. The monoisotopic (exact) mass is 131 g/mol. The quantitative estimate of drug-likeness (QED) is 0.241. The molecule has 0 bridgehead atoms. The zero-order valence-electron chi connectivity index (χ0n) is 4.96. The van der Waals surface area contributed by atoms with E-state index in [2.05, 4.69) is 0 Å². The summed E-state index contributed by atoms with van der Waals surface area (Å²) in [5.41, 5.74) is 1.47. The molecule has 52 valence electrons. The second-order valence-corrected chi connectivity index (χ2v) is 1.59. The molecule has 0 radical (unpaired) electrons. The molecule has 9 heavy (non-hydrogen) atoms. The van der Waals surface area contributed by atoms with Gasteiger partial charge in [0.05, 0.1) is 0 Å². The fourth-order valence-corrected chi connectivity index (χ4v) is 0.402. The van der Waals surface area contributed by atoms with E-state index in [1.165, 1.54) is 5.48 Å². The highest BCUT2D eigenvalue weighted by Crippen LogP contribution is 1.90. The van der Waals surface area contributed by atoms with Crippen LogP contribution in [-0.4, -0.2) is 17.4 Å². The minimum Gasteiger partial charge on any atom is -0.303 e. The predicted molar refractivity (Wildman–Crippen MR) is 29.8 cm³/mol. The molecule has 0 saturated heterocycles. The summed E-state index contributed by atoms with van der Waals surface area (Å²) in [6.45, 7) is 0. The Balaban J connectivity index is 3.06. The van der Waals surface area contributed by atoms with Gasteiger partial charge in [-0.3, -0.25) is 10.0 Å². The van der Waals surface area contributed by atoms with Gasteiger partial charge in [-0.05, 0) is 6.42 Å². The summed E-state index contributed by atoms with van der Waals surface area (Å²) in [5.74, 6) is -0.447. The standard InChI is InChI=1S/C5H9NO3/c7-4-2-1-3-5(8)6-9/h4,9H,1-3H2,(H,6,8). The van der Waals surface area contributed by atoms with Crippen molar-refractivity contribution in [2.45, 2.75) is 19.3 Å². The van der Waals surface area contributed by atoms with Gasteiger partial charge in [-0.15, -0.1) is 0 Å². The number of rotatable bonds is 4. The number of hydrogen-bond acceptors (Lipinski definition) is 3. The number of aldehydes is 1. The Hall–Kier alpha value is -0.900. The highest BCUT2D eigenvalue weighted by Gasteiger charge is 1.95. The minimum absolute atomic E-state index is 0.204. The molecule has 0 aliphatic rings. The van der Waals surface area contributed by atoms with Gasteiger partial charge in [0.15, 0.2) is 0 Å². The van der Waals surface area contributed by atoms with Crippen LogP contribution in [0.15, 0.2) is 0 Å². The molecule has 0 aromatic rings. The Bertz CT molecular complexity index is 102. The van der Waals surface area contributed by atoms with Crippen molar-refractivity contribution < 1.29 is 14.8 Å². The van der Waals surface area contributed by atoms with E-state index in [0.29, 0.717) is 12.8 Å². The third kappa shape index (κ3) is 4.96. The van der Waals surface area contributed by atoms with E-state index in [0.717, 1.165) is 6.29 Å². The summed E-state index contributed by atoms with van der Waals surface area (Å²) < 4.78 is 0. The van der Waals surface area contributed by atoms with Crippen LogP contribution in [0.5, 0.6) is 0 Å². The third-order valence-electron chi connectivity index (χ3n) is 0.851. The summed E-state index contributed by atoms with van der Waals surface area (Å²) in [7, 11) is 0. The zero-order chi connectivity index (χ0) is 7.11. The number of hydrogen-bond donors (Lipinski definition) is 2. The van der Waals surface area contributed by atoms with Gasteiger partial charge < -0.3 is 4.79 Å². The van der Waals surface area contributed by atoms with Gasteiger partial charge in [-0.25, -0.2) is 5.48 Å². The van der Waals surface area contributed by atoms with E-state index < -0.39 is 5.91 Å². The van der Waals surface area contributed by atoms with Crippen molar-refractivity contribution in [2.75, 3.05) is 0 Å². The van der Waals surface area contributed by atoms with Crippen molar-refractivity contribution in [3.8, 4) is 0 Å². The molecular formula is C5H9NO3. The summed E-state index contributed by atoms with van der Waals surface area (Å²) in [5, 5.41) is 7.95. The predicted octanol–water partition coefficient (Wildman–Crippen LogP) is -0.139. The van der Waals surface area contributed by atoms with Crippen molar-refractivity contribution in [1.29, 1.82) is 0 Å². The highest BCUT2D eigenvalue weighted by molar-refractivity contribution is 5.74. The lowest BCUT2D eigenvalue weighted by Gasteiger charge is -1.92. The van der Waals surface area contributed by atoms with E-state index in [1.54, 1.807) is 0 Å². The van der Waals surface area contributed by atoms with Crippen LogP contribution in [0, 0.1) is 0 Å². The Labute approximate surface area is 52.8 Å². The normalized spacial score (nSPS) is 8.56. The maximum absolute atomic E-state index is 10.2. The van der Waals surface area contributed by atoms with Crippen LogP contribution in [0.3, 0.4) is 0 Å². The first-order valence-electron chi connectivity index (χ1n) is 2.68. The molecule has 4 heteroatoms. The summed E-state index contributed by atoms with van der Waals surface area (Å²) in [6.07, 6.45) is 1.81. The van der Waals surface area contributed by atoms with E-state index in [-0.39, 0.29) is 6.42 Å². The molecule has 1 amide bonds. The fraction of sp³-hybridized carbons (Fsp3) is 0.600. The first-order chi connectivity index (χ1) is 4.31. The molecule has 0 aliphatic carbocycles. The Kier molecular flexibility index (Phi) is 4.72. The van der Waals surface area contributed by atoms with E-state index >= 15 is 0 Å². The van der Waals surface area contributed by atoms with Crippen LogP contribution in [0.1, 0.15) is 19.3 Å². The maximum Gasteiger partial charge on any atom is 0.243 e. The summed E-state index contributed by atoms with van der Waals surface area (Å²) in [6, 6.07) is 0. The van der Waals surface area contributed by atoms with Crippen LogP contribution < -0.4 is 5.48 Å². The Morgan fingerprint density at radius 3 is 2.78 bits per heavy atom. The lowest BCUT2D eigenvalue weighted by Crippen LogP contribution is -2.17. The van der Waals surface area contributed by atoms with Crippen LogP contribution in [0.4, 0.5) is 0 Å². The van der Waals surface area contributed by atoms with Gasteiger partial charge in [-0.1, -0.05) is 0 Å². The Morgan fingerprint density at radius 1 is 1.67 bits per heavy atom. The summed E-state index contributed by atoms with van der Waals surface area (Å²) >= 11 is 0. The molecule has 0 unspecified atom stereocenters. The molecule has 0 aromatic heterocycles. The second-order valence-electron chi connectivity index (χ2n) is 1.59. The lowest BCUT2D eigenvalue weighted by atomic mass is 10.2. The second kappa shape index (κ2) is 5.24. The topological polar surface area (TPSA) is 66.4 Å². The molecule has 0 rings (SSSR count). The average Bonchev–Trinajstić information content (AvgIpc) is 1.89. The molecule has 0 heterocycles. The van der Waals surface area contributed by atoms with Gasteiger partial charge in [0.1, 0.15) is 6.29 Å². The first kappa shape index (κ1) is 8.10. The molecule has 0 aromatic carbocycles. The smallest absolute Gasteiger partial charge is 0.243 e. The number of unbranched alkanes of at least 4 members (excludes halogenated alkanes) is 1. The molecule has 0 fully saturated rings. The number of carbonyl (C=O) groups is 2. The van der Waals surface area contributed by atoms with Gasteiger partial charge in [0.2, 0.25) is 5.91 Å². The maximum atomic E-state index is 10.2. The minimum atomic E-state index is -0.447. The van der Waals surface area contributed by atoms with Crippen LogP contribution >= 0.6 is 0 Å². The number of amides is 1. The van der Waals surface area contributed by atoms with Crippen molar-refractivity contribution in [2.24, 2.45) is 0 Å². The van der Waals surface area contributed by atoms with Crippen molar-refractivity contribution in [1.82, 2.24) is 5.48 Å². The van der Waals surface area contributed by atoms with E-state index in [9.17, 15) is 9.59 Å². The van der Waals surface area contributed by atoms with Crippen LogP contribution in [0.25, 0.3) is 0 Å². The van der Waals surface area contributed by atoms with Crippen molar-refractivity contribution >= 4 is 12.2 Å². The van der Waals surface area contributed by atoms with Gasteiger partial charge in [0.25, 0.3) is 0 Å². The van der Waals surface area contributed by atoms with Crippen LogP contribution in [0.2, 0.25) is 0 Å². The number of nitrogens with one attached hydrogen (secondary N) is 1. The lowest BCUT2D eigenvalue weighted by molar-refractivity contribution is -0.129. The SMILES string of the molecule is O=CCCCC(=O)NO. The van der Waals surface area contributed by atoms with Crippen molar-refractivity contribution in [3.05, 3.63) is 0 Å². The molecule has 0 saturated carbocycles. The van der Waals surface area contributed by atoms with Crippen molar-refractivity contribution in [3.63, 3.8) is 0 Å². The largest absolute Gasteiger partial charge is 0.303 e. The summed E-state index contributed by atoms with van der Waals surface area (Å²) in [4.78, 5) is 19.9. The molecule has 0 aliphatic heterocycles. The molecule has 4 nitrogen and oxygen atoms in total. The molecule has 2 N–H and O–H groups in total. The third-order valence-corrected chi connectivity index (χ3v) is 0.851. The highest BCUT2D eigenvalue weighted by atomic mass is 16.5. The fourth-order valence-electron chi connectivity index (χ4n) is 0.402. The van der Waals surface area contributed by atoms with E-state index in [1.807, 2.05) is 0 Å². The molecule has 0 atom stereocenters. The van der Waals surface area contributed by atoms with Gasteiger partial charge in [0, 0.05) is 12.8 Å². The molecule has 0 spiro atoms. The van der Waals surface area contributed by atoms with Gasteiger partial charge >= 0.3 is 0 Å². The first-order valence-corrected chi connectivity index (χ1v) is 2.68.